The lowest BCUT2D eigenvalue weighted by molar-refractivity contribution is -0.0591. The number of fused-ring (bicyclic) bond motifs is 1. The number of carboxylic acid groups (broad SMARTS) is 1. The summed E-state index contributed by atoms with van der Waals surface area (Å²) in [5, 5.41) is 9.95. The Morgan fingerprint density at radius 2 is 1.33 bits per heavy atom. The molecule has 1 fully saturated rings. The van der Waals surface area contributed by atoms with Crippen molar-refractivity contribution < 1.29 is 51.2 Å². The predicted molar refractivity (Wildman–Crippen MR) is 250 cm³/mol. The molecule has 69 heavy (non-hydrogen) atoms. The van der Waals surface area contributed by atoms with Crippen molar-refractivity contribution in [2.75, 3.05) is 32.8 Å². The van der Waals surface area contributed by atoms with E-state index in [2.05, 4.69) is 14.9 Å². The first-order valence-electron chi connectivity index (χ1n) is 21.9. The van der Waals surface area contributed by atoms with E-state index in [1.807, 2.05) is 16.7 Å². The number of hydrogen-bond acceptors (Lipinski definition) is 10. The van der Waals surface area contributed by atoms with Gasteiger partial charge in [-0.05, 0) is 117 Å². The third kappa shape index (κ3) is 12.2. The van der Waals surface area contributed by atoms with E-state index in [0.29, 0.717) is 50.7 Å². The van der Waals surface area contributed by atoms with Crippen LogP contribution < -0.4 is 9.47 Å². The van der Waals surface area contributed by atoms with Crippen molar-refractivity contribution in [2.24, 2.45) is 0 Å². The minimum atomic E-state index is -0.987. The number of amides is 1. The Labute approximate surface area is 404 Å². The second-order valence-corrected chi connectivity index (χ2v) is 18.3. The zero-order chi connectivity index (χ0) is 49.0. The number of benzene rings is 3. The van der Waals surface area contributed by atoms with Gasteiger partial charge < -0.3 is 33.5 Å². The van der Waals surface area contributed by atoms with Crippen molar-refractivity contribution in [3.05, 3.63) is 158 Å². The highest BCUT2D eigenvalue weighted by Crippen LogP contribution is 2.29. The Morgan fingerprint density at radius 3 is 1.87 bits per heavy atom. The summed E-state index contributed by atoms with van der Waals surface area (Å²) in [5.74, 6) is -2.63. The van der Waals surface area contributed by atoms with E-state index in [1.54, 1.807) is 45.0 Å². The molecule has 0 saturated carbocycles. The highest BCUT2D eigenvalue weighted by Gasteiger charge is 2.28. The monoisotopic (exact) mass is 988 g/mol. The highest BCUT2D eigenvalue weighted by atomic mass is 35.5. The van der Waals surface area contributed by atoms with Gasteiger partial charge in [0.2, 0.25) is 0 Å². The fourth-order valence-corrected chi connectivity index (χ4v) is 7.91. The molecule has 0 unspecified atom stereocenters. The predicted octanol–water partition coefficient (Wildman–Crippen LogP) is 10.6. The van der Waals surface area contributed by atoms with Crippen LogP contribution in [0.5, 0.6) is 11.5 Å². The average molecular weight is 990 g/mol. The minimum Gasteiger partial charge on any atom is -0.484 e. The third-order valence-corrected chi connectivity index (χ3v) is 11.7. The van der Waals surface area contributed by atoms with Crippen molar-refractivity contribution in [1.29, 1.82) is 0 Å². The number of halogens is 6. The summed E-state index contributed by atoms with van der Waals surface area (Å²) in [5.41, 5.74) is 4.06. The van der Waals surface area contributed by atoms with Crippen molar-refractivity contribution in [2.45, 2.75) is 65.2 Å². The van der Waals surface area contributed by atoms with Crippen molar-refractivity contribution in [3.63, 3.8) is 0 Å². The van der Waals surface area contributed by atoms with Crippen LogP contribution >= 0.6 is 23.2 Å². The van der Waals surface area contributed by atoms with Crippen LogP contribution in [0.15, 0.2) is 91.0 Å². The zero-order valence-corrected chi connectivity index (χ0v) is 39.2. The summed E-state index contributed by atoms with van der Waals surface area (Å²) in [6, 6.07) is 18.7. The molecule has 0 aliphatic carbocycles. The fraction of sp³-hybridized carbons (Fsp3) is 0.300. The molecule has 360 valence electrons. The van der Waals surface area contributed by atoms with Gasteiger partial charge in [-0.15, -0.1) is 0 Å². The van der Waals surface area contributed by atoms with E-state index >= 15 is 0 Å². The molecule has 6 aromatic rings. The van der Waals surface area contributed by atoms with Crippen LogP contribution in [0.2, 0.25) is 10.0 Å². The number of aromatic nitrogens is 4. The zero-order valence-electron chi connectivity index (χ0n) is 37.7. The molecule has 1 saturated heterocycles. The van der Waals surface area contributed by atoms with Gasteiger partial charge in [0.1, 0.15) is 47.7 Å². The molecule has 0 radical (unpaired) electrons. The summed E-state index contributed by atoms with van der Waals surface area (Å²) in [6.07, 6.45) is 4.47. The lowest BCUT2D eigenvalue weighted by Crippen LogP contribution is -2.35. The second-order valence-electron chi connectivity index (χ2n) is 17.4. The van der Waals surface area contributed by atoms with Crippen LogP contribution in [0.25, 0.3) is 22.2 Å². The number of carboxylic acids is 1. The Balaban J connectivity index is 0.000000196. The molecule has 3 aromatic heterocycles. The topological polar surface area (TPSA) is 141 Å². The van der Waals surface area contributed by atoms with Gasteiger partial charge in [-0.1, -0.05) is 35.4 Å². The van der Waals surface area contributed by atoms with Crippen molar-refractivity contribution in [1.82, 2.24) is 29.3 Å². The van der Waals surface area contributed by atoms with Crippen LogP contribution in [0, 0.1) is 23.3 Å². The summed E-state index contributed by atoms with van der Waals surface area (Å²) in [4.78, 5) is 41.0. The third-order valence-electron chi connectivity index (χ3n) is 11.2. The van der Waals surface area contributed by atoms with Crippen LogP contribution in [0.4, 0.5) is 22.4 Å². The first-order valence-corrected chi connectivity index (χ1v) is 22.6. The lowest BCUT2D eigenvalue weighted by atomic mass is 10.1. The molecule has 19 heteroatoms. The molecular weight excluding hydrogens is 943 g/mol. The maximum atomic E-state index is 14.5. The lowest BCUT2D eigenvalue weighted by Gasteiger charge is -2.28. The van der Waals surface area contributed by atoms with E-state index < -0.39 is 40.9 Å². The van der Waals surface area contributed by atoms with Crippen LogP contribution in [0.3, 0.4) is 0 Å². The molecule has 3 aliphatic rings. The van der Waals surface area contributed by atoms with E-state index in [9.17, 15) is 32.3 Å². The van der Waals surface area contributed by atoms with Gasteiger partial charge in [-0.3, -0.25) is 4.90 Å². The largest absolute Gasteiger partial charge is 0.484 e. The summed E-state index contributed by atoms with van der Waals surface area (Å²) in [7, 11) is 0. The number of carbonyl (C=O) groups excluding carboxylic acids is 1. The molecule has 13 nitrogen and oxygen atoms in total. The normalized spacial score (nSPS) is 15.8. The van der Waals surface area contributed by atoms with Crippen LogP contribution in [0.1, 0.15) is 66.2 Å². The number of imidazole rings is 1. The number of nitrogens with zero attached hydrogens (tertiary/aromatic N) is 6. The molecule has 0 bridgehead atoms. The summed E-state index contributed by atoms with van der Waals surface area (Å²) in [6.45, 7) is 8.64. The molecular formula is C50H46Cl2F4N6O7. The maximum Gasteiger partial charge on any atom is 0.410 e. The Bertz CT molecular complexity index is 2980. The molecule has 3 aromatic carbocycles. The number of hydrogen-bond donors (Lipinski definition) is 1. The SMILES string of the molecule is CC(C)(C)OC(=O)N1CC=C(c2ccc(F)c(COc3ccc(Cl)cc3F)n2)C1.O=C(O)c1ccc2nc(CN3CC=C(c4ccc(F)c(COc5ccc(Cl)cc5F)n4)C3)n(C[C@@H]3CCO3)c2c1. The molecule has 9 rings (SSSR count). The fourth-order valence-electron chi connectivity index (χ4n) is 7.59. The van der Waals surface area contributed by atoms with E-state index in [0.717, 1.165) is 53.2 Å². The van der Waals surface area contributed by atoms with Crippen LogP contribution in [-0.2, 0) is 35.8 Å². The van der Waals surface area contributed by atoms with Crippen molar-refractivity contribution in [3.8, 4) is 11.5 Å². The minimum absolute atomic E-state index is 0.0343. The first-order chi connectivity index (χ1) is 33.0. The van der Waals surface area contributed by atoms with Gasteiger partial charge in [-0.2, -0.15) is 0 Å². The van der Waals surface area contributed by atoms with Gasteiger partial charge in [0.25, 0.3) is 0 Å². The molecule has 6 heterocycles. The van der Waals surface area contributed by atoms with Gasteiger partial charge >= 0.3 is 12.1 Å². The van der Waals surface area contributed by atoms with Crippen molar-refractivity contribution >= 4 is 57.4 Å². The number of aromatic carboxylic acids is 1. The summed E-state index contributed by atoms with van der Waals surface area (Å²) >= 11 is 11.5. The van der Waals surface area contributed by atoms with E-state index in [4.69, 9.17) is 47.1 Å². The Hall–Kier alpha value is -6.53. The highest BCUT2D eigenvalue weighted by molar-refractivity contribution is 6.30. The van der Waals surface area contributed by atoms with Crippen LogP contribution in [-0.4, -0.2) is 91.0 Å². The van der Waals surface area contributed by atoms with Gasteiger partial charge in [0.05, 0.1) is 53.7 Å². The maximum absolute atomic E-state index is 14.5. The van der Waals surface area contributed by atoms with Gasteiger partial charge in [-0.25, -0.2) is 42.1 Å². The van der Waals surface area contributed by atoms with E-state index in [-0.39, 0.29) is 57.8 Å². The van der Waals surface area contributed by atoms with Gasteiger partial charge in [0.15, 0.2) is 23.1 Å². The molecule has 1 N–H and O–H groups in total. The number of carbonyl (C=O) groups is 2. The first kappa shape index (κ1) is 48.9. The standard InChI is InChI=1S/C29H25ClF2N4O4.C21H21ClF2N2O3/c30-19-2-6-27(22(32)12-19)40-16-25-21(31)3-5-23(33-25)18-7-9-35(13-18)15-28-34-24-4-1-17(29(37)38)11-26(24)36(28)14-20-8-10-39-20;1-21(2,3)29-20(27)26-9-8-13(11-26)17-6-5-15(23)18(25-17)12-28-19-7-4-14(22)10-16(19)24/h1-7,11-12,20H,8-10,13-16H2,(H,37,38);4-8,10H,9,11-12H2,1-3H3/t20-;/m0./s1. The molecule has 3 aliphatic heterocycles. The van der Waals surface area contributed by atoms with E-state index in [1.165, 1.54) is 47.4 Å². The Morgan fingerprint density at radius 1 is 0.754 bits per heavy atom. The Kier molecular flexibility index (Phi) is 14.9. The molecule has 0 spiro atoms. The summed E-state index contributed by atoms with van der Waals surface area (Å²) < 4.78 is 80.4. The van der Waals surface area contributed by atoms with Gasteiger partial charge in [0, 0.05) is 36.3 Å². The number of ether oxygens (including phenoxy) is 4. The quantitative estimate of drug-likeness (QED) is 0.111. The smallest absolute Gasteiger partial charge is 0.410 e. The number of rotatable bonds is 13. The molecule has 1 amide bonds. The number of pyridine rings is 2. The molecule has 1 atom stereocenters. The second kappa shape index (κ2) is 21.0. The average Bonchev–Trinajstić information content (AvgIpc) is 4.05.